The van der Waals surface area contributed by atoms with Gasteiger partial charge in [0.1, 0.15) is 0 Å². The van der Waals surface area contributed by atoms with Gasteiger partial charge in [0.25, 0.3) is 0 Å². The third-order valence-corrected chi connectivity index (χ3v) is 3.92. The Morgan fingerprint density at radius 2 is 1.76 bits per heavy atom. The van der Waals surface area contributed by atoms with Crippen LogP contribution in [0.25, 0.3) is 0 Å². The van der Waals surface area contributed by atoms with Gasteiger partial charge >= 0.3 is 0 Å². The first kappa shape index (κ1) is 13.2. The summed E-state index contributed by atoms with van der Waals surface area (Å²) in [5, 5.41) is 0.909. The highest BCUT2D eigenvalue weighted by atomic mass is 79.9. The molecule has 1 atom stereocenters. The second-order valence-electron chi connectivity index (χ2n) is 3.58. The molecule has 0 aliphatic carbocycles. The first-order valence-electron chi connectivity index (χ1n) is 4.92. The molecule has 1 unspecified atom stereocenters. The standard InChI is InChI=1S/C13H8BrCl3/c14-9-3-1-2-8(6-9)13(17)11-5-4-10(15)7-12(11)16/h1-7,13H. The van der Waals surface area contributed by atoms with Gasteiger partial charge in [0.05, 0.1) is 5.38 Å². The second kappa shape index (κ2) is 5.62. The average Bonchev–Trinajstić information content (AvgIpc) is 2.28. The molecule has 2 rings (SSSR count). The van der Waals surface area contributed by atoms with Gasteiger partial charge in [-0.3, -0.25) is 0 Å². The summed E-state index contributed by atoms with van der Waals surface area (Å²) in [7, 11) is 0. The van der Waals surface area contributed by atoms with Crippen molar-refractivity contribution in [1.29, 1.82) is 0 Å². The van der Waals surface area contributed by atoms with Crippen LogP contribution in [0.5, 0.6) is 0 Å². The molecular weight excluding hydrogens is 342 g/mol. The number of alkyl halides is 1. The molecule has 17 heavy (non-hydrogen) atoms. The zero-order chi connectivity index (χ0) is 12.4. The third-order valence-electron chi connectivity index (χ3n) is 2.38. The highest BCUT2D eigenvalue weighted by Gasteiger charge is 2.14. The Morgan fingerprint density at radius 1 is 1.00 bits per heavy atom. The van der Waals surface area contributed by atoms with Crippen LogP contribution in [-0.4, -0.2) is 0 Å². The van der Waals surface area contributed by atoms with Crippen LogP contribution in [0, 0.1) is 0 Å². The quantitative estimate of drug-likeness (QED) is 0.575. The Hall–Kier alpha value is -0.210. The normalized spacial score (nSPS) is 12.5. The Morgan fingerprint density at radius 3 is 2.41 bits per heavy atom. The highest BCUT2D eigenvalue weighted by molar-refractivity contribution is 9.10. The Bertz CT molecular complexity index is 540. The second-order valence-corrected chi connectivity index (χ2v) is 5.78. The topological polar surface area (TPSA) is 0 Å². The molecule has 2 aromatic rings. The SMILES string of the molecule is Clc1ccc(C(Cl)c2cccc(Br)c2)c(Cl)c1. The van der Waals surface area contributed by atoms with Crippen LogP contribution < -0.4 is 0 Å². The zero-order valence-corrected chi connectivity index (χ0v) is 12.5. The van der Waals surface area contributed by atoms with E-state index in [1.165, 1.54) is 0 Å². The lowest BCUT2D eigenvalue weighted by Gasteiger charge is -2.12. The van der Waals surface area contributed by atoms with E-state index in [9.17, 15) is 0 Å². The van der Waals surface area contributed by atoms with Crippen molar-refractivity contribution in [2.24, 2.45) is 0 Å². The smallest absolute Gasteiger partial charge is 0.0850 e. The molecule has 4 heteroatoms. The number of benzene rings is 2. The summed E-state index contributed by atoms with van der Waals surface area (Å²) in [6.45, 7) is 0. The molecule has 0 bridgehead atoms. The Labute approximate surface area is 124 Å². The summed E-state index contributed by atoms with van der Waals surface area (Å²) < 4.78 is 0.991. The fourth-order valence-corrected chi connectivity index (χ4v) is 2.87. The predicted molar refractivity (Wildman–Crippen MR) is 78.3 cm³/mol. The van der Waals surface area contributed by atoms with E-state index < -0.39 is 0 Å². The van der Waals surface area contributed by atoms with Crippen molar-refractivity contribution in [3.63, 3.8) is 0 Å². The van der Waals surface area contributed by atoms with Crippen LogP contribution in [-0.2, 0) is 0 Å². The lowest BCUT2D eigenvalue weighted by atomic mass is 10.0. The van der Waals surface area contributed by atoms with Crippen LogP contribution in [0.2, 0.25) is 10.0 Å². The number of hydrogen-bond acceptors (Lipinski definition) is 0. The fraction of sp³-hybridized carbons (Fsp3) is 0.0769. The minimum Gasteiger partial charge on any atom is -0.113 e. The molecule has 0 heterocycles. The van der Waals surface area contributed by atoms with Gasteiger partial charge < -0.3 is 0 Å². The van der Waals surface area contributed by atoms with Crippen molar-refractivity contribution in [1.82, 2.24) is 0 Å². The summed E-state index contributed by atoms with van der Waals surface area (Å²) >= 11 is 21.8. The summed E-state index contributed by atoms with van der Waals surface area (Å²) in [5.74, 6) is 0. The van der Waals surface area contributed by atoms with Crippen molar-refractivity contribution >= 4 is 50.7 Å². The van der Waals surface area contributed by atoms with Gasteiger partial charge in [0, 0.05) is 14.5 Å². The van der Waals surface area contributed by atoms with Crippen molar-refractivity contribution in [2.75, 3.05) is 0 Å². The summed E-state index contributed by atoms with van der Waals surface area (Å²) in [6.07, 6.45) is 0. The maximum Gasteiger partial charge on any atom is 0.0850 e. The van der Waals surface area contributed by atoms with E-state index in [2.05, 4.69) is 15.9 Å². The number of halogens is 4. The molecule has 0 nitrogen and oxygen atoms in total. The highest BCUT2D eigenvalue weighted by Crippen LogP contribution is 2.35. The maximum atomic E-state index is 6.41. The average molecular weight is 350 g/mol. The van der Waals surface area contributed by atoms with E-state index in [4.69, 9.17) is 34.8 Å². The molecule has 0 fully saturated rings. The van der Waals surface area contributed by atoms with Gasteiger partial charge in [0.2, 0.25) is 0 Å². The van der Waals surface area contributed by atoms with Crippen molar-refractivity contribution in [3.05, 3.63) is 68.1 Å². The van der Waals surface area contributed by atoms with E-state index >= 15 is 0 Å². The minimum atomic E-state index is -0.280. The molecule has 0 aliphatic rings. The molecule has 0 aliphatic heterocycles. The Balaban J connectivity index is 2.40. The largest absolute Gasteiger partial charge is 0.113 e. The summed E-state index contributed by atoms with van der Waals surface area (Å²) in [4.78, 5) is 0. The lowest BCUT2D eigenvalue weighted by molar-refractivity contribution is 1.14. The van der Waals surface area contributed by atoms with Crippen LogP contribution in [0.4, 0.5) is 0 Å². The van der Waals surface area contributed by atoms with E-state index in [0.29, 0.717) is 10.0 Å². The molecule has 0 radical (unpaired) electrons. The van der Waals surface area contributed by atoms with Crippen molar-refractivity contribution in [2.45, 2.75) is 5.38 Å². The lowest BCUT2D eigenvalue weighted by Crippen LogP contribution is -1.94. The van der Waals surface area contributed by atoms with Crippen molar-refractivity contribution < 1.29 is 0 Å². The molecule has 0 amide bonds. The fourth-order valence-electron chi connectivity index (χ4n) is 1.55. The minimum absolute atomic E-state index is 0.280. The van der Waals surface area contributed by atoms with Gasteiger partial charge in [0.15, 0.2) is 0 Å². The van der Waals surface area contributed by atoms with Crippen LogP contribution >= 0.6 is 50.7 Å². The zero-order valence-electron chi connectivity index (χ0n) is 8.63. The van der Waals surface area contributed by atoms with E-state index in [1.807, 2.05) is 30.3 Å². The van der Waals surface area contributed by atoms with E-state index in [1.54, 1.807) is 12.1 Å². The Kier molecular flexibility index (Phi) is 4.37. The molecule has 88 valence electrons. The maximum absolute atomic E-state index is 6.41. The van der Waals surface area contributed by atoms with Crippen LogP contribution in [0.15, 0.2) is 46.9 Å². The first-order valence-corrected chi connectivity index (χ1v) is 6.91. The third kappa shape index (κ3) is 3.17. The van der Waals surface area contributed by atoms with Crippen LogP contribution in [0.1, 0.15) is 16.5 Å². The van der Waals surface area contributed by atoms with Gasteiger partial charge in [-0.2, -0.15) is 0 Å². The molecular formula is C13H8BrCl3. The van der Waals surface area contributed by atoms with Gasteiger partial charge in [-0.15, -0.1) is 11.6 Å². The molecule has 0 spiro atoms. The molecule has 0 N–H and O–H groups in total. The monoisotopic (exact) mass is 348 g/mol. The molecule has 2 aromatic carbocycles. The predicted octanol–water partition coefficient (Wildman–Crippen LogP) is 6.08. The summed E-state index contributed by atoms with van der Waals surface area (Å²) in [5.41, 5.74) is 1.85. The number of rotatable bonds is 2. The van der Waals surface area contributed by atoms with E-state index in [0.717, 1.165) is 15.6 Å². The van der Waals surface area contributed by atoms with Gasteiger partial charge in [-0.05, 0) is 35.4 Å². The van der Waals surface area contributed by atoms with Crippen molar-refractivity contribution in [3.8, 4) is 0 Å². The molecule has 0 aromatic heterocycles. The summed E-state index contributed by atoms with van der Waals surface area (Å²) in [6, 6.07) is 13.2. The number of hydrogen-bond donors (Lipinski definition) is 0. The van der Waals surface area contributed by atoms with Crippen LogP contribution in [0.3, 0.4) is 0 Å². The van der Waals surface area contributed by atoms with Gasteiger partial charge in [-0.25, -0.2) is 0 Å². The van der Waals surface area contributed by atoms with E-state index in [-0.39, 0.29) is 5.38 Å². The van der Waals surface area contributed by atoms with Gasteiger partial charge in [-0.1, -0.05) is 57.3 Å². The first-order chi connectivity index (χ1) is 8.08. The molecule has 0 saturated carbocycles. The molecule has 0 saturated heterocycles.